The highest BCUT2D eigenvalue weighted by molar-refractivity contribution is 6.11. The molecule has 5 heteroatoms. The van der Waals surface area contributed by atoms with Gasteiger partial charge in [0.1, 0.15) is 17.3 Å². The highest BCUT2D eigenvalue weighted by Gasteiger charge is 2.21. The van der Waals surface area contributed by atoms with E-state index in [4.69, 9.17) is 23.4 Å². The molecule has 0 aliphatic carbocycles. The predicted octanol–water partition coefficient (Wildman–Crippen LogP) is 16.0. The second kappa shape index (κ2) is 17.5. The van der Waals surface area contributed by atoms with Gasteiger partial charge in [-0.2, -0.15) is 0 Å². The van der Waals surface area contributed by atoms with E-state index in [9.17, 15) is 0 Å². The average Bonchev–Trinajstić information content (AvgIpc) is 3.69. The lowest BCUT2D eigenvalue weighted by Crippen LogP contribution is -2.12. The van der Waals surface area contributed by atoms with E-state index in [1.54, 1.807) is 30.3 Å². The van der Waals surface area contributed by atoms with E-state index in [-0.39, 0.29) is 33.4 Å². The summed E-state index contributed by atoms with van der Waals surface area (Å²) in [6.07, 6.45) is 5.85. The molecule has 0 radical (unpaired) electrons. The molecule has 2 N–H and O–H groups in total. The Morgan fingerprint density at radius 2 is 1.29 bits per heavy atom. The molecule has 0 aliphatic heterocycles. The number of rotatable bonds is 13. The lowest BCUT2D eigenvalue weighted by atomic mass is 9.88. The standard InChI is InChI=1S/C57H54N4O/c1-6-18-39-34-42(19-7-2)56-50(35-39)49-31-30-46(38-53(49)61(56)54-36-43(32-33-58-54)57(3,4)5)62-45-25-16-24-44(37-45)59-51-28-14-15-29-52(51)60-55-47(40-20-10-8-11-21-40)26-17-27-48(55)41-22-12-9-13-23-41/h8-17,20-38,59-60H,6-7,18-19H2,1-5H3/i8D,9D,10D,11D,12D,13D,20D,21D,22D,23D. The maximum atomic E-state index is 8.90. The van der Waals surface area contributed by atoms with Gasteiger partial charge < -0.3 is 15.4 Å². The fourth-order valence-corrected chi connectivity index (χ4v) is 8.11. The molecule has 0 spiro atoms. The Balaban J connectivity index is 1.12. The molecule has 5 nitrogen and oxygen atoms in total. The Kier molecular flexibility index (Phi) is 8.45. The van der Waals surface area contributed by atoms with Crippen LogP contribution in [0.3, 0.4) is 0 Å². The minimum Gasteiger partial charge on any atom is -0.457 e. The largest absolute Gasteiger partial charge is 0.457 e. The Labute approximate surface area is 380 Å². The quantitative estimate of drug-likeness (QED) is 0.122. The molecule has 0 saturated carbocycles. The maximum absolute atomic E-state index is 8.90. The van der Waals surface area contributed by atoms with Crippen molar-refractivity contribution in [2.24, 2.45) is 0 Å². The summed E-state index contributed by atoms with van der Waals surface area (Å²) in [4.78, 5) is 4.96. The number of para-hydroxylation sites is 3. The third-order valence-corrected chi connectivity index (χ3v) is 11.0. The first-order chi connectivity index (χ1) is 34.4. The number of anilines is 4. The molecule has 0 atom stereocenters. The zero-order valence-electron chi connectivity index (χ0n) is 45.6. The molecular weight excluding hydrogens is 757 g/mol. The van der Waals surface area contributed by atoms with E-state index in [1.165, 1.54) is 22.1 Å². The van der Waals surface area contributed by atoms with Crippen molar-refractivity contribution in [2.75, 3.05) is 10.6 Å². The zero-order chi connectivity index (χ0) is 51.3. The van der Waals surface area contributed by atoms with Gasteiger partial charge in [0.15, 0.2) is 0 Å². The van der Waals surface area contributed by atoms with Crippen LogP contribution in [-0.2, 0) is 18.3 Å². The molecule has 0 amide bonds. The van der Waals surface area contributed by atoms with Gasteiger partial charge in [-0.15, -0.1) is 0 Å². The van der Waals surface area contributed by atoms with Crippen LogP contribution in [0.4, 0.5) is 22.7 Å². The Bertz CT molecular complexity index is 3460. The summed E-state index contributed by atoms with van der Waals surface area (Å²) in [5, 5.41) is 9.19. The number of aromatic nitrogens is 2. The Morgan fingerprint density at radius 1 is 0.629 bits per heavy atom. The fourth-order valence-electron chi connectivity index (χ4n) is 8.11. The van der Waals surface area contributed by atoms with Crippen molar-refractivity contribution in [1.29, 1.82) is 0 Å². The minimum atomic E-state index is -0.560. The molecular formula is C57H54N4O. The van der Waals surface area contributed by atoms with E-state index in [1.807, 2.05) is 48.7 Å². The number of hydrogen-bond acceptors (Lipinski definition) is 4. The monoisotopic (exact) mass is 820 g/mol. The van der Waals surface area contributed by atoms with Gasteiger partial charge >= 0.3 is 0 Å². The summed E-state index contributed by atoms with van der Waals surface area (Å²) in [7, 11) is 0. The summed E-state index contributed by atoms with van der Waals surface area (Å²) in [6.45, 7) is 11.0. The van der Waals surface area contributed by atoms with Crippen molar-refractivity contribution in [3.05, 3.63) is 193 Å². The van der Waals surface area contributed by atoms with Crippen LogP contribution in [-0.4, -0.2) is 9.55 Å². The van der Waals surface area contributed by atoms with Gasteiger partial charge in [0, 0.05) is 45.9 Å². The molecule has 62 heavy (non-hydrogen) atoms. The van der Waals surface area contributed by atoms with E-state index in [0.29, 0.717) is 28.6 Å². The van der Waals surface area contributed by atoms with Crippen molar-refractivity contribution in [3.8, 4) is 39.6 Å². The molecule has 0 unspecified atom stereocenters. The van der Waals surface area contributed by atoms with Crippen molar-refractivity contribution in [3.63, 3.8) is 0 Å². The van der Waals surface area contributed by atoms with Crippen LogP contribution in [0.5, 0.6) is 11.5 Å². The highest BCUT2D eigenvalue weighted by Crippen LogP contribution is 2.42. The first kappa shape index (κ1) is 30.0. The number of fused-ring (bicyclic) bond motifs is 3. The predicted molar refractivity (Wildman–Crippen MR) is 262 cm³/mol. The molecule has 2 heterocycles. The summed E-state index contributed by atoms with van der Waals surface area (Å²) >= 11 is 0. The van der Waals surface area contributed by atoms with Crippen LogP contribution in [0.15, 0.2) is 176 Å². The summed E-state index contributed by atoms with van der Waals surface area (Å²) in [5.74, 6) is 2.04. The van der Waals surface area contributed by atoms with Gasteiger partial charge in [-0.05, 0) is 101 Å². The van der Waals surface area contributed by atoms with Gasteiger partial charge in [-0.3, -0.25) is 4.57 Å². The SMILES string of the molecule is [2H]c1c([2H])c([2H])c(-c2cccc(-c3c([2H])c([2H])c([2H])c([2H])c3[2H])c2Nc2ccccc2Nc2cccc(Oc3ccc4c5cc(CCC)cc(CCC)c5n(-c5cc(C(C)(C)C)ccn5)c4c3)c2)c([2H])c1[2H]. The van der Waals surface area contributed by atoms with Gasteiger partial charge in [0.05, 0.1) is 41.8 Å². The first-order valence-corrected chi connectivity index (χ1v) is 21.2. The lowest BCUT2D eigenvalue weighted by molar-refractivity contribution is 0.483. The van der Waals surface area contributed by atoms with Crippen LogP contribution < -0.4 is 15.4 Å². The summed E-state index contributed by atoms with van der Waals surface area (Å²) in [6, 6.07) is 29.6. The van der Waals surface area contributed by atoms with E-state index < -0.39 is 60.4 Å². The first-order valence-electron chi connectivity index (χ1n) is 26.2. The van der Waals surface area contributed by atoms with E-state index >= 15 is 0 Å². The zero-order valence-corrected chi connectivity index (χ0v) is 35.6. The van der Waals surface area contributed by atoms with Crippen molar-refractivity contribution >= 4 is 44.6 Å². The van der Waals surface area contributed by atoms with Gasteiger partial charge in [-0.1, -0.05) is 150 Å². The minimum absolute atomic E-state index is 0.0867. The van der Waals surface area contributed by atoms with Crippen molar-refractivity contribution in [2.45, 2.75) is 65.7 Å². The van der Waals surface area contributed by atoms with Gasteiger partial charge in [0.25, 0.3) is 0 Å². The van der Waals surface area contributed by atoms with Crippen LogP contribution in [0.1, 0.15) is 77.9 Å². The lowest BCUT2D eigenvalue weighted by Gasteiger charge is -2.20. The Hall–Kier alpha value is -7.11. The van der Waals surface area contributed by atoms with E-state index in [0.717, 1.165) is 47.9 Å². The molecule has 2 aromatic heterocycles. The average molecular weight is 821 g/mol. The normalized spacial score (nSPS) is 13.8. The third-order valence-electron chi connectivity index (χ3n) is 11.0. The number of aryl methyl sites for hydroxylation is 2. The highest BCUT2D eigenvalue weighted by atomic mass is 16.5. The molecule has 0 aliphatic rings. The van der Waals surface area contributed by atoms with Crippen molar-refractivity contribution < 1.29 is 18.4 Å². The van der Waals surface area contributed by atoms with Gasteiger partial charge in [-0.25, -0.2) is 4.98 Å². The van der Waals surface area contributed by atoms with Crippen LogP contribution in [0.25, 0.3) is 49.9 Å². The van der Waals surface area contributed by atoms with Crippen molar-refractivity contribution in [1.82, 2.24) is 9.55 Å². The van der Waals surface area contributed by atoms with Crippen LogP contribution in [0.2, 0.25) is 0 Å². The maximum Gasteiger partial charge on any atom is 0.137 e. The number of ether oxygens (including phenoxy) is 1. The number of pyridine rings is 1. The number of nitrogens with zero attached hydrogens (tertiary/aromatic N) is 2. The second-order valence-electron chi connectivity index (χ2n) is 16.5. The molecule has 9 aromatic rings. The number of hydrogen-bond donors (Lipinski definition) is 2. The summed E-state index contributed by atoms with van der Waals surface area (Å²) in [5.41, 5.74) is 7.79. The fraction of sp³-hybridized carbons (Fsp3) is 0.175. The molecule has 0 bridgehead atoms. The molecule has 9 rings (SSSR count). The second-order valence-corrected chi connectivity index (χ2v) is 16.5. The molecule has 0 fully saturated rings. The third kappa shape index (κ3) is 8.31. The van der Waals surface area contributed by atoms with Crippen LogP contribution >= 0.6 is 0 Å². The number of nitrogens with one attached hydrogen (secondary N) is 2. The Morgan fingerprint density at radius 3 is 1.97 bits per heavy atom. The van der Waals surface area contributed by atoms with Crippen LogP contribution in [0, 0.1) is 0 Å². The number of benzene rings is 7. The van der Waals surface area contributed by atoms with E-state index in [2.05, 4.69) is 86.2 Å². The summed E-state index contributed by atoms with van der Waals surface area (Å²) < 4.78 is 95.0. The molecule has 308 valence electrons. The molecule has 0 saturated heterocycles. The van der Waals surface area contributed by atoms with Gasteiger partial charge in [0.2, 0.25) is 0 Å². The smallest absolute Gasteiger partial charge is 0.137 e. The molecule has 7 aromatic carbocycles. The topological polar surface area (TPSA) is 51.1 Å².